The molecule has 1 fully saturated rings. The number of aliphatic hydroxyl groups is 3. The molecular formula is C25H23BrN8O5. The Balaban J connectivity index is 1.50. The smallest absolute Gasteiger partial charge is 0.254 e. The van der Waals surface area contributed by atoms with E-state index < -0.39 is 31.1 Å². The van der Waals surface area contributed by atoms with Crippen molar-refractivity contribution >= 4 is 55.6 Å². The highest BCUT2D eigenvalue weighted by Gasteiger charge is 2.45. The number of nitrogens with zero attached hydrogens (tertiary/aromatic N) is 7. The molecule has 14 heteroatoms. The van der Waals surface area contributed by atoms with Gasteiger partial charge in [0, 0.05) is 16.4 Å². The number of benzene rings is 2. The highest BCUT2D eigenvalue weighted by Crippen LogP contribution is 2.42. The topological polar surface area (TPSA) is 189 Å². The van der Waals surface area contributed by atoms with E-state index in [4.69, 9.17) is 10.5 Å². The van der Waals surface area contributed by atoms with E-state index in [2.05, 4.69) is 41.1 Å². The predicted molar refractivity (Wildman–Crippen MR) is 144 cm³/mol. The number of rotatable bonds is 6. The number of imidazole rings is 1. The first kappa shape index (κ1) is 25.3. The Labute approximate surface area is 229 Å². The van der Waals surface area contributed by atoms with Gasteiger partial charge in [0.2, 0.25) is 0 Å². The fourth-order valence-electron chi connectivity index (χ4n) is 4.73. The van der Waals surface area contributed by atoms with Crippen LogP contribution in [-0.2, 0) is 11.3 Å². The molecule has 0 aliphatic carbocycles. The lowest BCUT2D eigenvalue weighted by Gasteiger charge is -2.17. The largest absolute Gasteiger partial charge is 0.504 e. The standard InChI is InChI=1S/C25H23BrN8O5/c26-13-6-7-15-14(8-13)18(36)23(33(15)9-12-4-2-1-3-5-12)31-32-25-30-17-21(27)28-11-29-22(17)34(25)24-20(38)19(37)16(10-35)39-24/h1-8,11,16,19-20,24,35-38H,9-10H2,(H2,27,28,29)/t16-,19-,20-,24-/m1/s1. The van der Waals surface area contributed by atoms with E-state index in [9.17, 15) is 20.4 Å². The maximum Gasteiger partial charge on any atom is 0.254 e. The summed E-state index contributed by atoms with van der Waals surface area (Å²) in [7, 11) is 0. The first-order valence-corrected chi connectivity index (χ1v) is 12.7. The number of fused-ring (bicyclic) bond motifs is 2. The van der Waals surface area contributed by atoms with Crippen LogP contribution >= 0.6 is 15.9 Å². The molecule has 39 heavy (non-hydrogen) atoms. The quantitative estimate of drug-likeness (QED) is 0.184. The summed E-state index contributed by atoms with van der Waals surface area (Å²) < 4.78 is 9.66. The van der Waals surface area contributed by atoms with Gasteiger partial charge in [0.1, 0.15) is 24.6 Å². The summed E-state index contributed by atoms with van der Waals surface area (Å²) in [5, 5.41) is 51.1. The summed E-state index contributed by atoms with van der Waals surface area (Å²) in [6, 6.07) is 15.2. The SMILES string of the molecule is Nc1ncnc2c1nc(N=Nc1c(O)c3cc(Br)ccc3n1Cc1ccccc1)n2[C@@H]1O[C@H](CO)[C@@H](O)[C@H]1O. The van der Waals surface area contributed by atoms with Crippen LogP contribution in [0, 0.1) is 0 Å². The molecule has 4 heterocycles. The molecule has 0 spiro atoms. The summed E-state index contributed by atoms with van der Waals surface area (Å²) in [6.45, 7) is -0.115. The number of aromatic nitrogens is 5. The van der Waals surface area contributed by atoms with Crippen molar-refractivity contribution in [3.8, 4) is 5.75 Å². The lowest BCUT2D eigenvalue weighted by Crippen LogP contribution is -2.33. The first-order chi connectivity index (χ1) is 18.9. The van der Waals surface area contributed by atoms with E-state index in [1.807, 2.05) is 47.0 Å². The average Bonchev–Trinajstić information content (AvgIpc) is 3.53. The molecule has 3 aromatic heterocycles. The molecule has 0 amide bonds. The molecule has 1 aliphatic rings. The molecule has 200 valence electrons. The Morgan fingerprint density at radius 2 is 1.85 bits per heavy atom. The van der Waals surface area contributed by atoms with Gasteiger partial charge in [-0.15, -0.1) is 10.2 Å². The fraction of sp³-hybridized carbons (Fsp3) is 0.240. The number of azo groups is 1. The maximum atomic E-state index is 11.2. The van der Waals surface area contributed by atoms with Crippen LogP contribution in [0.15, 0.2) is 69.6 Å². The maximum absolute atomic E-state index is 11.2. The summed E-state index contributed by atoms with van der Waals surface area (Å²) in [5.41, 5.74) is 8.10. The minimum Gasteiger partial charge on any atom is -0.504 e. The highest BCUT2D eigenvalue weighted by molar-refractivity contribution is 9.10. The molecule has 0 unspecified atom stereocenters. The monoisotopic (exact) mass is 594 g/mol. The lowest BCUT2D eigenvalue weighted by molar-refractivity contribution is -0.0503. The minimum atomic E-state index is -1.43. The van der Waals surface area contributed by atoms with E-state index >= 15 is 0 Å². The average molecular weight is 595 g/mol. The third-order valence-electron chi connectivity index (χ3n) is 6.65. The molecule has 6 rings (SSSR count). The van der Waals surface area contributed by atoms with Crippen molar-refractivity contribution in [3.05, 3.63) is 64.9 Å². The Morgan fingerprint density at radius 3 is 2.59 bits per heavy atom. The number of nitrogen functional groups attached to an aromatic ring is 1. The van der Waals surface area contributed by atoms with Crippen LogP contribution in [0.25, 0.3) is 22.1 Å². The van der Waals surface area contributed by atoms with E-state index in [1.54, 1.807) is 6.07 Å². The van der Waals surface area contributed by atoms with Crippen LogP contribution in [0.1, 0.15) is 11.8 Å². The van der Waals surface area contributed by atoms with Crippen LogP contribution in [-0.4, -0.2) is 69.4 Å². The number of aromatic hydroxyl groups is 1. The van der Waals surface area contributed by atoms with Crippen molar-refractivity contribution in [2.24, 2.45) is 10.2 Å². The van der Waals surface area contributed by atoms with Gasteiger partial charge in [-0.1, -0.05) is 46.3 Å². The van der Waals surface area contributed by atoms with Crippen LogP contribution in [0.3, 0.4) is 0 Å². The number of aliphatic hydroxyl groups excluding tert-OH is 3. The number of hydrogen-bond acceptors (Lipinski definition) is 11. The van der Waals surface area contributed by atoms with Crippen molar-refractivity contribution < 1.29 is 25.2 Å². The van der Waals surface area contributed by atoms with Crippen molar-refractivity contribution in [1.29, 1.82) is 0 Å². The Kier molecular flexibility index (Phi) is 6.48. The van der Waals surface area contributed by atoms with Crippen molar-refractivity contribution in [2.75, 3.05) is 12.3 Å². The number of halogens is 1. The highest BCUT2D eigenvalue weighted by atomic mass is 79.9. The first-order valence-electron chi connectivity index (χ1n) is 11.9. The molecule has 2 aromatic carbocycles. The number of hydrogen-bond donors (Lipinski definition) is 5. The third-order valence-corrected chi connectivity index (χ3v) is 7.14. The number of nitrogens with two attached hydrogens (primary N) is 1. The second kappa shape index (κ2) is 9.98. The second-order valence-electron chi connectivity index (χ2n) is 9.05. The zero-order valence-electron chi connectivity index (χ0n) is 20.2. The van der Waals surface area contributed by atoms with Gasteiger partial charge in [0.25, 0.3) is 5.95 Å². The molecule has 0 bridgehead atoms. The predicted octanol–water partition coefficient (Wildman–Crippen LogP) is 2.91. The van der Waals surface area contributed by atoms with Gasteiger partial charge in [0.15, 0.2) is 34.8 Å². The van der Waals surface area contributed by atoms with E-state index in [0.717, 1.165) is 15.6 Å². The minimum absolute atomic E-state index is 0.0628. The zero-order valence-corrected chi connectivity index (χ0v) is 21.8. The van der Waals surface area contributed by atoms with E-state index in [0.29, 0.717) is 11.9 Å². The molecule has 0 saturated carbocycles. The van der Waals surface area contributed by atoms with Gasteiger partial charge < -0.3 is 35.5 Å². The van der Waals surface area contributed by atoms with Gasteiger partial charge in [0.05, 0.1) is 12.1 Å². The van der Waals surface area contributed by atoms with Gasteiger partial charge in [-0.3, -0.25) is 4.57 Å². The fourth-order valence-corrected chi connectivity index (χ4v) is 5.09. The summed E-state index contributed by atoms with van der Waals surface area (Å²) >= 11 is 3.45. The molecular weight excluding hydrogens is 572 g/mol. The van der Waals surface area contributed by atoms with E-state index in [1.165, 1.54) is 10.9 Å². The molecule has 5 aromatic rings. The molecule has 0 radical (unpaired) electrons. The Bertz CT molecular complexity index is 1710. The van der Waals surface area contributed by atoms with Gasteiger partial charge in [-0.25, -0.2) is 15.0 Å². The van der Waals surface area contributed by atoms with Crippen LogP contribution < -0.4 is 5.73 Å². The number of anilines is 1. The van der Waals surface area contributed by atoms with Gasteiger partial charge >= 0.3 is 0 Å². The van der Waals surface area contributed by atoms with Crippen molar-refractivity contribution in [1.82, 2.24) is 24.1 Å². The zero-order chi connectivity index (χ0) is 27.3. The lowest BCUT2D eigenvalue weighted by atomic mass is 10.1. The third kappa shape index (κ3) is 4.31. The molecule has 1 saturated heterocycles. The van der Waals surface area contributed by atoms with Crippen molar-refractivity contribution in [2.45, 2.75) is 31.1 Å². The summed E-state index contributed by atoms with van der Waals surface area (Å²) in [5.74, 6) is 0.0867. The van der Waals surface area contributed by atoms with Crippen LogP contribution in [0.2, 0.25) is 0 Å². The Hall–Kier alpha value is -3.95. The molecule has 13 nitrogen and oxygen atoms in total. The molecule has 4 atom stereocenters. The Morgan fingerprint density at radius 1 is 1.05 bits per heavy atom. The summed E-state index contributed by atoms with van der Waals surface area (Å²) in [4.78, 5) is 12.6. The van der Waals surface area contributed by atoms with Crippen LogP contribution in [0.4, 0.5) is 17.6 Å². The van der Waals surface area contributed by atoms with E-state index in [-0.39, 0.29) is 34.5 Å². The summed E-state index contributed by atoms with van der Waals surface area (Å²) in [6.07, 6.45) is -3.82. The van der Waals surface area contributed by atoms with Crippen molar-refractivity contribution in [3.63, 3.8) is 0 Å². The van der Waals surface area contributed by atoms with Crippen LogP contribution in [0.5, 0.6) is 5.75 Å². The number of ether oxygens (including phenoxy) is 1. The van der Waals surface area contributed by atoms with Gasteiger partial charge in [-0.05, 0) is 23.8 Å². The molecule has 6 N–H and O–H groups in total. The second-order valence-corrected chi connectivity index (χ2v) is 9.96. The van der Waals surface area contributed by atoms with Gasteiger partial charge in [-0.2, -0.15) is 0 Å². The normalized spacial score (nSPS) is 21.5. The molecule has 1 aliphatic heterocycles.